The third kappa shape index (κ3) is 4.21. The van der Waals surface area contributed by atoms with E-state index in [0.717, 1.165) is 61.2 Å². The quantitative estimate of drug-likeness (QED) is 0.668. The minimum atomic E-state index is -0.115. The van der Waals surface area contributed by atoms with E-state index >= 15 is 0 Å². The molecule has 1 saturated carbocycles. The van der Waals surface area contributed by atoms with Gasteiger partial charge in [0.25, 0.3) is 11.5 Å². The molecule has 160 valence electrons. The first-order valence-corrected chi connectivity index (χ1v) is 11.0. The number of carbonyl (C=O) groups is 1. The van der Waals surface area contributed by atoms with Crippen LogP contribution >= 0.6 is 0 Å². The van der Waals surface area contributed by atoms with Crippen LogP contribution in [0.5, 0.6) is 5.75 Å². The molecule has 2 heterocycles. The summed E-state index contributed by atoms with van der Waals surface area (Å²) in [7, 11) is 0. The lowest BCUT2D eigenvalue weighted by atomic mass is 10.1. The highest BCUT2D eigenvalue weighted by molar-refractivity contribution is 5.95. The van der Waals surface area contributed by atoms with Gasteiger partial charge in [-0.05, 0) is 87.0 Å². The fraction of sp³-hybridized carbons (Fsp3) is 0.360. The van der Waals surface area contributed by atoms with Crippen LogP contribution in [-0.4, -0.2) is 35.7 Å². The van der Waals surface area contributed by atoms with Gasteiger partial charge in [0.05, 0.1) is 11.1 Å². The van der Waals surface area contributed by atoms with Crippen LogP contribution in [0.25, 0.3) is 16.5 Å². The average Bonchev–Trinajstić information content (AvgIpc) is 3.60. The second-order valence-corrected chi connectivity index (χ2v) is 8.56. The summed E-state index contributed by atoms with van der Waals surface area (Å²) in [6, 6.07) is 13.4. The molecular weight excluding hydrogens is 390 g/mol. The lowest BCUT2D eigenvalue weighted by Gasteiger charge is -2.24. The van der Waals surface area contributed by atoms with Gasteiger partial charge in [0.15, 0.2) is 0 Å². The van der Waals surface area contributed by atoms with Crippen molar-refractivity contribution in [3.8, 4) is 11.4 Å². The molecule has 31 heavy (non-hydrogen) atoms. The molecule has 2 aliphatic rings. The van der Waals surface area contributed by atoms with Gasteiger partial charge in [0.2, 0.25) is 0 Å². The molecule has 2 fully saturated rings. The fourth-order valence-electron chi connectivity index (χ4n) is 4.09. The predicted octanol–water partition coefficient (Wildman–Crippen LogP) is 3.32. The number of ether oxygens (including phenoxy) is 1. The van der Waals surface area contributed by atoms with Crippen LogP contribution in [0, 0.1) is 6.92 Å². The number of pyridine rings is 1. The number of carbonyl (C=O) groups excluding carboxylic acids is 1. The Morgan fingerprint density at radius 1 is 1.06 bits per heavy atom. The number of aryl methyl sites for hydroxylation is 1. The van der Waals surface area contributed by atoms with Gasteiger partial charge < -0.3 is 15.4 Å². The smallest absolute Gasteiger partial charge is 0.263 e. The van der Waals surface area contributed by atoms with Crippen molar-refractivity contribution in [2.75, 3.05) is 13.1 Å². The van der Waals surface area contributed by atoms with Gasteiger partial charge in [-0.25, -0.2) is 0 Å². The predicted molar refractivity (Wildman–Crippen MR) is 121 cm³/mol. The van der Waals surface area contributed by atoms with E-state index in [1.807, 2.05) is 43.3 Å². The summed E-state index contributed by atoms with van der Waals surface area (Å²) in [5.74, 6) is 0.638. The number of aromatic nitrogens is 1. The monoisotopic (exact) mass is 417 g/mol. The molecule has 3 aromatic rings. The summed E-state index contributed by atoms with van der Waals surface area (Å²) in [5, 5.41) is 7.83. The molecule has 0 atom stereocenters. The summed E-state index contributed by atoms with van der Waals surface area (Å²) in [6.07, 6.45) is 5.96. The van der Waals surface area contributed by atoms with Gasteiger partial charge in [-0.1, -0.05) is 12.1 Å². The highest BCUT2D eigenvalue weighted by atomic mass is 16.5. The molecule has 0 radical (unpaired) electrons. The van der Waals surface area contributed by atoms with E-state index in [0.29, 0.717) is 17.0 Å². The van der Waals surface area contributed by atoms with Crippen molar-refractivity contribution in [1.82, 2.24) is 15.2 Å². The Labute approximate surface area is 181 Å². The number of nitrogens with one attached hydrogen (secondary N) is 2. The van der Waals surface area contributed by atoms with Gasteiger partial charge in [0, 0.05) is 17.8 Å². The number of hydrogen-bond donors (Lipinski definition) is 2. The number of hydrogen-bond acceptors (Lipinski definition) is 4. The van der Waals surface area contributed by atoms with E-state index < -0.39 is 0 Å². The Morgan fingerprint density at radius 3 is 2.65 bits per heavy atom. The van der Waals surface area contributed by atoms with E-state index in [2.05, 4.69) is 10.6 Å². The van der Waals surface area contributed by atoms with Crippen molar-refractivity contribution in [3.05, 3.63) is 70.1 Å². The largest absolute Gasteiger partial charge is 0.490 e. The van der Waals surface area contributed by atoms with E-state index in [-0.39, 0.29) is 17.6 Å². The lowest BCUT2D eigenvalue weighted by molar-refractivity contribution is 0.0951. The van der Waals surface area contributed by atoms with Crippen molar-refractivity contribution in [2.45, 2.75) is 44.8 Å². The summed E-state index contributed by atoms with van der Waals surface area (Å²) >= 11 is 0. The number of benzene rings is 2. The fourth-order valence-corrected chi connectivity index (χ4v) is 4.09. The zero-order valence-corrected chi connectivity index (χ0v) is 17.7. The van der Waals surface area contributed by atoms with E-state index in [4.69, 9.17) is 4.74 Å². The molecule has 2 aromatic carbocycles. The molecule has 2 N–H and O–H groups in total. The maximum atomic E-state index is 13.4. The Balaban J connectivity index is 1.50. The highest BCUT2D eigenvalue weighted by Crippen LogP contribution is 2.24. The number of nitrogens with zero attached hydrogens (tertiary/aromatic N) is 1. The summed E-state index contributed by atoms with van der Waals surface area (Å²) in [5.41, 5.74) is 2.12. The Kier molecular flexibility index (Phi) is 5.24. The van der Waals surface area contributed by atoms with Crippen LogP contribution in [0.4, 0.5) is 0 Å². The lowest BCUT2D eigenvalue weighted by Crippen LogP contribution is -2.34. The standard InChI is InChI=1S/C25H27N3O3/c1-16-2-3-18(24(29)27-19-5-6-19)14-23(16)28-13-10-17-4-7-21(15-22(17)25(28)30)31-20-8-11-26-12-9-20/h2-4,7,10,13-15,19-20,26H,5-6,8-9,11-12H2,1H3,(H,27,29). The molecular formula is C25H27N3O3. The first-order chi connectivity index (χ1) is 15.1. The second kappa shape index (κ2) is 8.19. The van der Waals surface area contributed by atoms with Crippen LogP contribution in [0.1, 0.15) is 41.6 Å². The molecule has 6 heteroatoms. The van der Waals surface area contributed by atoms with Crippen LogP contribution in [0.3, 0.4) is 0 Å². The summed E-state index contributed by atoms with van der Waals surface area (Å²) in [6.45, 7) is 3.86. The molecule has 1 aliphatic carbocycles. The molecule has 1 aliphatic heterocycles. The minimum absolute atomic E-state index is 0.0877. The third-order valence-corrected chi connectivity index (χ3v) is 6.11. The molecule has 0 spiro atoms. The maximum absolute atomic E-state index is 13.4. The van der Waals surface area contributed by atoms with Gasteiger partial charge in [-0.3, -0.25) is 14.2 Å². The minimum Gasteiger partial charge on any atom is -0.490 e. The Bertz CT molecular complexity index is 1190. The molecule has 1 saturated heterocycles. The van der Waals surface area contributed by atoms with Crippen LogP contribution in [0.2, 0.25) is 0 Å². The van der Waals surface area contributed by atoms with Gasteiger partial charge >= 0.3 is 0 Å². The topological polar surface area (TPSA) is 72.4 Å². The van der Waals surface area contributed by atoms with E-state index in [9.17, 15) is 9.59 Å². The van der Waals surface area contributed by atoms with Crippen LogP contribution in [-0.2, 0) is 0 Å². The number of piperidine rings is 1. The number of rotatable bonds is 5. The van der Waals surface area contributed by atoms with Crippen molar-refractivity contribution in [1.29, 1.82) is 0 Å². The van der Waals surface area contributed by atoms with Gasteiger partial charge in [-0.2, -0.15) is 0 Å². The normalized spacial score (nSPS) is 16.9. The first-order valence-electron chi connectivity index (χ1n) is 11.0. The zero-order valence-electron chi connectivity index (χ0n) is 17.7. The van der Waals surface area contributed by atoms with Crippen LogP contribution in [0.15, 0.2) is 53.5 Å². The van der Waals surface area contributed by atoms with E-state index in [1.165, 1.54) is 0 Å². The first kappa shape index (κ1) is 19.8. The molecule has 6 nitrogen and oxygen atoms in total. The molecule has 0 unspecified atom stereocenters. The summed E-state index contributed by atoms with van der Waals surface area (Å²) in [4.78, 5) is 25.9. The Morgan fingerprint density at radius 2 is 1.87 bits per heavy atom. The zero-order chi connectivity index (χ0) is 21.4. The Hall–Kier alpha value is -3.12. The maximum Gasteiger partial charge on any atom is 0.263 e. The average molecular weight is 418 g/mol. The number of fused-ring (bicyclic) bond motifs is 1. The van der Waals surface area contributed by atoms with Gasteiger partial charge in [-0.15, -0.1) is 0 Å². The SMILES string of the molecule is Cc1ccc(C(=O)NC2CC2)cc1-n1ccc2ccc(OC3CCNCC3)cc2c1=O. The van der Waals surface area contributed by atoms with Crippen molar-refractivity contribution >= 4 is 16.7 Å². The van der Waals surface area contributed by atoms with Gasteiger partial charge in [0.1, 0.15) is 11.9 Å². The third-order valence-electron chi connectivity index (χ3n) is 6.11. The van der Waals surface area contributed by atoms with Crippen molar-refractivity contribution in [2.24, 2.45) is 0 Å². The molecule has 5 rings (SSSR count). The second-order valence-electron chi connectivity index (χ2n) is 8.56. The van der Waals surface area contributed by atoms with Crippen LogP contribution < -0.4 is 20.9 Å². The highest BCUT2D eigenvalue weighted by Gasteiger charge is 2.24. The molecule has 1 amide bonds. The van der Waals surface area contributed by atoms with E-state index in [1.54, 1.807) is 16.8 Å². The van der Waals surface area contributed by atoms with Crippen molar-refractivity contribution in [3.63, 3.8) is 0 Å². The molecule has 1 aromatic heterocycles. The van der Waals surface area contributed by atoms with Crippen molar-refractivity contribution < 1.29 is 9.53 Å². The number of amides is 1. The summed E-state index contributed by atoms with van der Waals surface area (Å²) < 4.78 is 7.76. The molecule has 0 bridgehead atoms.